The zero-order valence-corrected chi connectivity index (χ0v) is 19.7. The Bertz CT molecular complexity index is 1610. The Morgan fingerprint density at radius 1 is 0.914 bits per heavy atom. The van der Waals surface area contributed by atoms with Crippen LogP contribution >= 0.6 is 0 Å². The molecule has 5 aromatic rings. The predicted octanol–water partition coefficient (Wildman–Crippen LogP) is 6.53. The topological polar surface area (TPSA) is 73.8 Å². The van der Waals surface area contributed by atoms with Gasteiger partial charge in [-0.1, -0.05) is 35.5 Å². The molecule has 0 aliphatic carbocycles. The highest BCUT2D eigenvalue weighted by Gasteiger charge is 2.17. The zero-order chi connectivity index (χ0) is 24.5. The summed E-state index contributed by atoms with van der Waals surface area (Å²) in [6.45, 7) is 6.61. The van der Waals surface area contributed by atoms with E-state index in [0.29, 0.717) is 16.8 Å². The quantitative estimate of drug-likeness (QED) is 0.124. The van der Waals surface area contributed by atoms with Crippen LogP contribution in [0, 0.1) is 6.92 Å². The molecule has 6 nitrogen and oxygen atoms in total. The maximum absolute atomic E-state index is 13.3. The minimum absolute atomic E-state index is 0.00105. The first-order chi connectivity index (χ1) is 17.0. The summed E-state index contributed by atoms with van der Waals surface area (Å²) >= 11 is 0. The molecular formula is C29H24N2O4. The van der Waals surface area contributed by atoms with Gasteiger partial charge in [-0.3, -0.25) is 4.79 Å². The average molecular weight is 465 g/mol. The maximum Gasteiger partial charge on any atom is 0.400 e. The van der Waals surface area contributed by atoms with E-state index in [-0.39, 0.29) is 11.5 Å². The third-order valence-electron chi connectivity index (χ3n) is 6.24. The van der Waals surface area contributed by atoms with Gasteiger partial charge in [0, 0.05) is 39.5 Å². The Morgan fingerprint density at radius 2 is 1.60 bits per heavy atom. The molecule has 0 amide bonds. The van der Waals surface area contributed by atoms with Crippen LogP contribution < -0.4 is 0 Å². The lowest BCUT2D eigenvalue weighted by molar-refractivity contribution is 0.0480. The lowest BCUT2D eigenvalue weighted by Crippen LogP contribution is -2.03. The second-order valence-electron chi connectivity index (χ2n) is 8.38. The maximum atomic E-state index is 13.3. The van der Waals surface area contributed by atoms with Crippen LogP contribution in [0.4, 0.5) is 0 Å². The summed E-state index contributed by atoms with van der Waals surface area (Å²) in [4.78, 5) is 30.4. The van der Waals surface area contributed by atoms with Crippen molar-refractivity contribution in [3.8, 4) is 0 Å². The Labute approximate surface area is 202 Å². The van der Waals surface area contributed by atoms with Crippen LogP contribution in [0.1, 0.15) is 51.5 Å². The van der Waals surface area contributed by atoms with Crippen LogP contribution in [-0.4, -0.2) is 22.0 Å². The Hall–Kier alpha value is -4.45. The number of carbonyl (C=O) groups is 2. The van der Waals surface area contributed by atoms with Crippen molar-refractivity contribution >= 4 is 39.3 Å². The fraction of sp³-hybridized carbons (Fsp3) is 0.138. The Balaban J connectivity index is 1.57. The summed E-state index contributed by atoms with van der Waals surface area (Å²) in [5.74, 6) is -0.563. The number of ketones is 1. The van der Waals surface area contributed by atoms with Crippen LogP contribution in [0.2, 0.25) is 0 Å². The summed E-state index contributed by atoms with van der Waals surface area (Å²) in [6, 6.07) is 22.6. The average Bonchev–Trinajstić information content (AvgIpc) is 3.53. The van der Waals surface area contributed by atoms with Crippen molar-refractivity contribution in [2.24, 2.45) is 5.16 Å². The summed E-state index contributed by atoms with van der Waals surface area (Å²) in [7, 11) is 0. The van der Waals surface area contributed by atoms with Crippen molar-refractivity contribution in [1.82, 2.24) is 4.57 Å². The summed E-state index contributed by atoms with van der Waals surface area (Å²) in [6.07, 6.45) is 1.41. The van der Waals surface area contributed by atoms with Gasteiger partial charge in [0.2, 0.25) is 5.76 Å². The molecular weight excluding hydrogens is 440 g/mol. The number of fused-ring (bicyclic) bond motifs is 3. The van der Waals surface area contributed by atoms with Crippen LogP contribution in [0.3, 0.4) is 0 Å². The molecule has 35 heavy (non-hydrogen) atoms. The molecule has 0 fully saturated rings. The van der Waals surface area contributed by atoms with Gasteiger partial charge in [0.25, 0.3) is 0 Å². The van der Waals surface area contributed by atoms with Crippen molar-refractivity contribution in [3.05, 3.63) is 107 Å². The van der Waals surface area contributed by atoms with E-state index in [0.717, 1.165) is 39.5 Å². The fourth-order valence-corrected chi connectivity index (χ4v) is 4.40. The molecule has 0 unspecified atom stereocenters. The lowest BCUT2D eigenvalue weighted by atomic mass is 9.97. The normalized spacial score (nSPS) is 11.8. The molecule has 3 aromatic carbocycles. The summed E-state index contributed by atoms with van der Waals surface area (Å²) in [5.41, 5.74) is 5.78. The van der Waals surface area contributed by atoms with Crippen LogP contribution in [-0.2, 0) is 11.4 Å². The highest BCUT2D eigenvalue weighted by Crippen LogP contribution is 2.31. The van der Waals surface area contributed by atoms with Gasteiger partial charge in [-0.2, -0.15) is 0 Å². The number of carbonyl (C=O) groups excluding carboxylic acids is 2. The summed E-state index contributed by atoms with van der Waals surface area (Å²) < 4.78 is 7.27. The smallest absolute Gasteiger partial charge is 0.400 e. The fourth-order valence-electron chi connectivity index (χ4n) is 4.40. The van der Waals surface area contributed by atoms with Gasteiger partial charge in [0.1, 0.15) is 0 Å². The number of aryl methyl sites for hydroxylation is 2. The first kappa shape index (κ1) is 22.3. The number of benzene rings is 3. The largest absolute Gasteiger partial charge is 0.457 e. The lowest BCUT2D eigenvalue weighted by Gasteiger charge is -2.06. The van der Waals surface area contributed by atoms with Crippen molar-refractivity contribution in [1.29, 1.82) is 0 Å². The second-order valence-corrected chi connectivity index (χ2v) is 8.38. The molecule has 0 bridgehead atoms. The van der Waals surface area contributed by atoms with E-state index in [4.69, 9.17) is 9.25 Å². The van der Waals surface area contributed by atoms with E-state index in [9.17, 15) is 9.59 Å². The number of oxime groups is 1. The van der Waals surface area contributed by atoms with Crippen molar-refractivity contribution in [3.63, 3.8) is 0 Å². The second kappa shape index (κ2) is 9.06. The van der Waals surface area contributed by atoms with Crippen molar-refractivity contribution in [2.45, 2.75) is 27.3 Å². The van der Waals surface area contributed by atoms with Crippen molar-refractivity contribution < 1.29 is 18.8 Å². The van der Waals surface area contributed by atoms with Gasteiger partial charge in [-0.15, -0.1) is 0 Å². The molecule has 0 atom stereocenters. The molecule has 0 aliphatic rings. The molecule has 0 saturated carbocycles. The molecule has 6 heteroatoms. The first-order valence-corrected chi connectivity index (χ1v) is 11.4. The summed E-state index contributed by atoms with van der Waals surface area (Å²) in [5, 5.41) is 6.00. The number of rotatable bonds is 6. The predicted molar refractivity (Wildman–Crippen MR) is 136 cm³/mol. The number of aromatic nitrogens is 1. The SMILES string of the molecule is CCn1c2ccc(C(=O)c3ccccc3C)cc2c2cc(/C(C)=N/OC(=O)c3ccco3)ccc21. The molecule has 5 rings (SSSR count). The standard InChI is InChI=1S/C29H24N2O4/c1-4-31-25-13-11-20(19(3)30-35-29(33)27-10-7-15-34-27)16-23(25)24-17-21(12-14-26(24)31)28(32)22-9-6-5-8-18(22)2/h5-17H,4H2,1-3H3/b30-19+. The monoisotopic (exact) mass is 464 g/mol. The molecule has 0 aliphatic heterocycles. The van der Waals surface area contributed by atoms with Gasteiger partial charge >= 0.3 is 5.97 Å². The number of nitrogens with zero attached hydrogens (tertiary/aromatic N) is 2. The molecule has 2 aromatic heterocycles. The zero-order valence-electron chi connectivity index (χ0n) is 19.7. The van der Waals surface area contributed by atoms with Gasteiger partial charge < -0.3 is 13.8 Å². The van der Waals surface area contributed by atoms with Gasteiger partial charge in [-0.25, -0.2) is 4.79 Å². The third-order valence-corrected chi connectivity index (χ3v) is 6.24. The van der Waals surface area contributed by atoms with E-state index in [1.165, 1.54) is 12.3 Å². The van der Waals surface area contributed by atoms with Gasteiger partial charge in [0.05, 0.1) is 12.0 Å². The Morgan fingerprint density at radius 3 is 2.26 bits per heavy atom. The van der Waals surface area contributed by atoms with Crippen LogP contribution in [0.25, 0.3) is 21.8 Å². The van der Waals surface area contributed by atoms with E-state index < -0.39 is 5.97 Å². The van der Waals surface area contributed by atoms with E-state index in [2.05, 4.69) is 16.6 Å². The Kier molecular flexibility index (Phi) is 5.79. The number of hydrogen-bond donors (Lipinski definition) is 0. The van der Waals surface area contributed by atoms with E-state index >= 15 is 0 Å². The highest BCUT2D eigenvalue weighted by atomic mass is 16.7. The van der Waals surface area contributed by atoms with E-state index in [1.54, 1.807) is 13.0 Å². The molecule has 0 saturated heterocycles. The van der Waals surface area contributed by atoms with Crippen LogP contribution in [0.15, 0.2) is 88.6 Å². The number of furan rings is 1. The first-order valence-electron chi connectivity index (χ1n) is 11.4. The van der Waals surface area contributed by atoms with E-state index in [1.807, 2.05) is 67.6 Å². The molecule has 0 spiro atoms. The third kappa shape index (κ3) is 4.04. The molecule has 0 N–H and O–H groups in total. The van der Waals surface area contributed by atoms with Gasteiger partial charge in [-0.05, 0) is 74.4 Å². The molecule has 174 valence electrons. The van der Waals surface area contributed by atoms with Crippen molar-refractivity contribution in [2.75, 3.05) is 0 Å². The number of hydrogen-bond acceptors (Lipinski definition) is 5. The minimum atomic E-state index is -0.655. The van der Waals surface area contributed by atoms with Gasteiger partial charge in [0.15, 0.2) is 5.78 Å². The minimum Gasteiger partial charge on any atom is -0.457 e. The molecule has 0 radical (unpaired) electrons. The van der Waals surface area contributed by atoms with Crippen LogP contribution in [0.5, 0.6) is 0 Å². The highest BCUT2D eigenvalue weighted by molar-refractivity contribution is 6.16. The molecule has 2 heterocycles.